The molecule has 0 aliphatic heterocycles. The van der Waals surface area contributed by atoms with Gasteiger partial charge in [-0.25, -0.2) is 5.90 Å². The highest BCUT2D eigenvalue weighted by atomic mass is 16.6. The van der Waals surface area contributed by atoms with Crippen LogP contribution in [0.15, 0.2) is 28.8 Å². The molecule has 1 amide bonds. The molecule has 7 nitrogen and oxygen atoms in total. The van der Waals surface area contributed by atoms with E-state index < -0.39 is 0 Å². The summed E-state index contributed by atoms with van der Waals surface area (Å²) < 4.78 is 10.9. The number of ether oxygens (including phenoxy) is 1. The van der Waals surface area contributed by atoms with Crippen molar-refractivity contribution in [3.63, 3.8) is 0 Å². The number of hydrogen-bond acceptors (Lipinski definition) is 6. The van der Waals surface area contributed by atoms with Crippen LogP contribution in [-0.2, 0) is 11.4 Å². The molecular formula is C18H23N3O4. The predicted molar refractivity (Wildman–Crippen MR) is 92.3 cm³/mol. The summed E-state index contributed by atoms with van der Waals surface area (Å²) in [6.45, 7) is 2.41. The molecule has 0 bridgehead atoms. The van der Waals surface area contributed by atoms with E-state index in [2.05, 4.69) is 15.3 Å². The van der Waals surface area contributed by atoms with E-state index in [4.69, 9.17) is 15.2 Å². The molecule has 1 heterocycles. The molecule has 3 N–H and O–H groups in total. The van der Waals surface area contributed by atoms with Gasteiger partial charge in [0.25, 0.3) is 5.91 Å². The first kappa shape index (κ1) is 17.4. The van der Waals surface area contributed by atoms with Gasteiger partial charge < -0.3 is 14.6 Å². The lowest BCUT2D eigenvalue weighted by Crippen LogP contribution is -2.16. The summed E-state index contributed by atoms with van der Waals surface area (Å²) in [5, 5.41) is 7.09. The van der Waals surface area contributed by atoms with Crippen molar-refractivity contribution in [2.45, 2.75) is 45.1 Å². The average molecular weight is 345 g/mol. The topological polar surface area (TPSA) is 99.6 Å². The lowest BCUT2D eigenvalue weighted by atomic mass is 10.0. The van der Waals surface area contributed by atoms with Crippen LogP contribution in [-0.4, -0.2) is 17.7 Å². The first-order valence-corrected chi connectivity index (χ1v) is 8.57. The van der Waals surface area contributed by atoms with Crippen LogP contribution in [0.4, 0.5) is 5.69 Å². The normalized spacial score (nSPS) is 14.6. The summed E-state index contributed by atoms with van der Waals surface area (Å²) in [7, 11) is 0. The summed E-state index contributed by atoms with van der Waals surface area (Å²) in [6, 6.07) is 7.13. The number of nitrogens with two attached hydrogens (primary N) is 1. The SMILES string of the molecule is CCOc1ccccc1C(=O)Nc1c(C2CCCC2)noc1CON. The molecule has 0 atom stereocenters. The van der Waals surface area contributed by atoms with E-state index in [0.717, 1.165) is 31.4 Å². The molecule has 1 fully saturated rings. The Labute approximate surface area is 146 Å². The number of benzene rings is 1. The van der Waals surface area contributed by atoms with Crippen molar-refractivity contribution < 1.29 is 18.9 Å². The van der Waals surface area contributed by atoms with Crippen molar-refractivity contribution in [3.05, 3.63) is 41.3 Å². The van der Waals surface area contributed by atoms with E-state index in [0.29, 0.717) is 29.4 Å². The molecule has 0 unspecified atom stereocenters. The third kappa shape index (κ3) is 3.83. The monoisotopic (exact) mass is 345 g/mol. The molecule has 134 valence electrons. The molecule has 3 rings (SSSR count). The zero-order valence-electron chi connectivity index (χ0n) is 14.3. The highest BCUT2D eigenvalue weighted by Crippen LogP contribution is 2.39. The molecular weight excluding hydrogens is 322 g/mol. The minimum absolute atomic E-state index is 0.0441. The van der Waals surface area contributed by atoms with Crippen molar-refractivity contribution in [2.24, 2.45) is 5.90 Å². The first-order chi connectivity index (χ1) is 12.2. The van der Waals surface area contributed by atoms with Crippen molar-refractivity contribution in [2.75, 3.05) is 11.9 Å². The Balaban J connectivity index is 1.88. The molecule has 25 heavy (non-hydrogen) atoms. The number of hydrogen-bond donors (Lipinski definition) is 2. The van der Waals surface area contributed by atoms with E-state index in [9.17, 15) is 4.79 Å². The maximum absolute atomic E-state index is 12.8. The molecule has 1 saturated carbocycles. The second kappa shape index (κ2) is 8.13. The van der Waals surface area contributed by atoms with Crippen molar-refractivity contribution in [1.29, 1.82) is 0 Å². The highest BCUT2D eigenvalue weighted by Gasteiger charge is 2.28. The Bertz CT molecular complexity index is 723. The first-order valence-electron chi connectivity index (χ1n) is 8.57. The van der Waals surface area contributed by atoms with Crippen LogP contribution < -0.4 is 16.0 Å². The molecule has 1 aliphatic rings. The molecule has 0 radical (unpaired) electrons. The van der Waals surface area contributed by atoms with Gasteiger partial charge in [-0.1, -0.05) is 30.1 Å². The number of anilines is 1. The predicted octanol–water partition coefficient (Wildman–Crippen LogP) is 3.37. The smallest absolute Gasteiger partial charge is 0.259 e. The zero-order valence-corrected chi connectivity index (χ0v) is 14.3. The van der Waals surface area contributed by atoms with Crippen LogP contribution in [0.25, 0.3) is 0 Å². The minimum atomic E-state index is -0.273. The van der Waals surface area contributed by atoms with Gasteiger partial charge in [-0.05, 0) is 31.9 Å². The lowest BCUT2D eigenvalue weighted by molar-refractivity contribution is 0.100. The number of nitrogens with one attached hydrogen (secondary N) is 1. The summed E-state index contributed by atoms with van der Waals surface area (Å²) >= 11 is 0. The average Bonchev–Trinajstić information content (AvgIpc) is 3.26. The van der Waals surface area contributed by atoms with Gasteiger partial charge in [0, 0.05) is 5.92 Å². The third-order valence-corrected chi connectivity index (χ3v) is 4.42. The molecule has 1 aromatic heterocycles. The Morgan fingerprint density at radius 1 is 1.36 bits per heavy atom. The van der Waals surface area contributed by atoms with E-state index in [-0.39, 0.29) is 18.4 Å². The van der Waals surface area contributed by atoms with Crippen molar-refractivity contribution >= 4 is 11.6 Å². The van der Waals surface area contributed by atoms with Gasteiger partial charge in [0.15, 0.2) is 5.76 Å². The maximum atomic E-state index is 12.8. The van der Waals surface area contributed by atoms with E-state index >= 15 is 0 Å². The van der Waals surface area contributed by atoms with Crippen LogP contribution in [0.2, 0.25) is 0 Å². The van der Waals surface area contributed by atoms with Gasteiger partial charge in [-0.15, -0.1) is 0 Å². The van der Waals surface area contributed by atoms with Crippen LogP contribution in [0.5, 0.6) is 5.75 Å². The standard InChI is InChI=1S/C18H23N3O4/c1-2-23-14-10-6-5-9-13(14)18(22)20-17-15(11-24-19)25-21-16(17)12-7-3-4-8-12/h5-6,9-10,12H,2-4,7-8,11,19H2,1H3,(H,20,22). The van der Waals surface area contributed by atoms with Gasteiger partial charge in [-0.2, -0.15) is 0 Å². The number of rotatable bonds is 7. The number of para-hydroxylation sites is 1. The second-order valence-electron chi connectivity index (χ2n) is 6.04. The van der Waals surface area contributed by atoms with Crippen molar-refractivity contribution in [3.8, 4) is 5.75 Å². The summed E-state index contributed by atoms with van der Waals surface area (Å²) in [6.07, 6.45) is 4.38. The summed E-state index contributed by atoms with van der Waals surface area (Å²) in [5.41, 5.74) is 1.79. The number of aromatic nitrogens is 1. The summed E-state index contributed by atoms with van der Waals surface area (Å²) in [4.78, 5) is 17.5. The Morgan fingerprint density at radius 2 is 2.12 bits per heavy atom. The van der Waals surface area contributed by atoms with Gasteiger partial charge in [0.1, 0.15) is 23.7 Å². The van der Waals surface area contributed by atoms with E-state index in [1.54, 1.807) is 18.2 Å². The number of carbonyl (C=O) groups excluding carboxylic acids is 1. The minimum Gasteiger partial charge on any atom is -0.493 e. The lowest BCUT2D eigenvalue weighted by Gasteiger charge is -2.12. The summed E-state index contributed by atoms with van der Waals surface area (Å²) in [5.74, 6) is 6.15. The Kier molecular flexibility index (Phi) is 5.67. The highest BCUT2D eigenvalue weighted by molar-refractivity contribution is 6.06. The fourth-order valence-electron chi connectivity index (χ4n) is 3.24. The van der Waals surface area contributed by atoms with Gasteiger partial charge >= 0.3 is 0 Å². The maximum Gasteiger partial charge on any atom is 0.259 e. The van der Waals surface area contributed by atoms with Crippen LogP contribution in [0.1, 0.15) is 60.3 Å². The van der Waals surface area contributed by atoms with Crippen LogP contribution >= 0.6 is 0 Å². The Hall–Kier alpha value is -2.38. The second-order valence-corrected chi connectivity index (χ2v) is 6.04. The molecule has 7 heteroatoms. The number of amides is 1. The molecule has 2 aromatic rings. The molecule has 0 saturated heterocycles. The number of carbonyl (C=O) groups is 1. The quantitative estimate of drug-likeness (QED) is 0.746. The fourth-order valence-corrected chi connectivity index (χ4v) is 3.24. The van der Waals surface area contributed by atoms with Gasteiger partial charge in [0.05, 0.1) is 12.2 Å². The van der Waals surface area contributed by atoms with E-state index in [1.165, 1.54) is 0 Å². The van der Waals surface area contributed by atoms with Crippen LogP contribution in [0.3, 0.4) is 0 Å². The largest absolute Gasteiger partial charge is 0.493 e. The fraction of sp³-hybridized carbons (Fsp3) is 0.444. The molecule has 1 aliphatic carbocycles. The number of nitrogens with zero attached hydrogens (tertiary/aromatic N) is 1. The zero-order chi connectivity index (χ0) is 17.6. The van der Waals surface area contributed by atoms with Gasteiger partial charge in [-0.3, -0.25) is 9.63 Å². The molecule has 0 spiro atoms. The van der Waals surface area contributed by atoms with Crippen LogP contribution in [0, 0.1) is 0 Å². The van der Waals surface area contributed by atoms with Gasteiger partial charge in [0.2, 0.25) is 0 Å². The third-order valence-electron chi connectivity index (χ3n) is 4.42. The Morgan fingerprint density at radius 3 is 2.84 bits per heavy atom. The van der Waals surface area contributed by atoms with Crippen molar-refractivity contribution in [1.82, 2.24) is 5.16 Å². The van der Waals surface area contributed by atoms with E-state index in [1.807, 2.05) is 13.0 Å². The molecule has 1 aromatic carbocycles.